The minimum atomic E-state index is -2.49. The van der Waals surface area contributed by atoms with E-state index in [1.54, 1.807) is 6.92 Å². The molecule has 0 aliphatic carbocycles. The highest BCUT2D eigenvalue weighted by molar-refractivity contribution is 5.45. The Labute approximate surface area is 84.1 Å². The van der Waals surface area contributed by atoms with Gasteiger partial charge in [-0.25, -0.2) is 8.78 Å². The fourth-order valence-electron chi connectivity index (χ4n) is 1.34. The van der Waals surface area contributed by atoms with E-state index < -0.39 is 5.92 Å². The van der Waals surface area contributed by atoms with Crippen molar-refractivity contribution >= 4 is 6.41 Å². The van der Waals surface area contributed by atoms with Crippen LogP contribution in [0.25, 0.3) is 0 Å². The molecule has 14 heavy (non-hydrogen) atoms. The van der Waals surface area contributed by atoms with Gasteiger partial charge in [0.15, 0.2) is 0 Å². The molecule has 0 aromatic rings. The summed E-state index contributed by atoms with van der Waals surface area (Å²) in [6, 6.07) is 0. The van der Waals surface area contributed by atoms with Gasteiger partial charge in [0, 0.05) is 19.4 Å². The van der Waals surface area contributed by atoms with Crippen molar-refractivity contribution in [2.75, 3.05) is 6.54 Å². The van der Waals surface area contributed by atoms with Crippen LogP contribution in [0.5, 0.6) is 0 Å². The molecule has 0 rings (SSSR count). The van der Waals surface area contributed by atoms with E-state index in [0.717, 1.165) is 12.8 Å². The molecule has 0 bridgehead atoms. The molecule has 0 aromatic heterocycles. The average Bonchev–Trinajstić information content (AvgIpc) is 2.11. The predicted octanol–water partition coefficient (Wildman–Crippen LogP) is 2.73. The van der Waals surface area contributed by atoms with Gasteiger partial charge in [0.05, 0.1) is 0 Å². The van der Waals surface area contributed by atoms with Crippen LogP contribution in [0.3, 0.4) is 0 Å². The van der Waals surface area contributed by atoms with Crippen molar-refractivity contribution in [3.63, 3.8) is 0 Å². The van der Waals surface area contributed by atoms with E-state index in [1.807, 2.05) is 0 Å². The summed E-state index contributed by atoms with van der Waals surface area (Å²) in [5, 5.41) is 2.50. The van der Waals surface area contributed by atoms with Gasteiger partial charge in [-0.3, -0.25) is 4.79 Å². The molecule has 0 aliphatic rings. The quantitative estimate of drug-likeness (QED) is 0.457. The van der Waals surface area contributed by atoms with E-state index in [4.69, 9.17) is 0 Å². The number of rotatable bonds is 9. The lowest BCUT2D eigenvalue weighted by Crippen LogP contribution is -2.16. The van der Waals surface area contributed by atoms with Gasteiger partial charge in [0.25, 0.3) is 0 Å². The van der Waals surface area contributed by atoms with Gasteiger partial charge in [0.2, 0.25) is 12.3 Å². The zero-order valence-corrected chi connectivity index (χ0v) is 8.69. The van der Waals surface area contributed by atoms with Gasteiger partial charge in [-0.05, 0) is 12.8 Å². The second-order valence-electron chi connectivity index (χ2n) is 3.49. The SMILES string of the molecule is CCCC(F)(F)CCCCCNC=O. The van der Waals surface area contributed by atoms with Gasteiger partial charge in [0.1, 0.15) is 0 Å². The van der Waals surface area contributed by atoms with Crippen molar-refractivity contribution in [1.29, 1.82) is 0 Å². The van der Waals surface area contributed by atoms with Crippen molar-refractivity contribution < 1.29 is 13.6 Å². The van der Waals surface area contributed by atoms with Crippen molar-refractivity contribution in [2.24, 2.45) is 0 Å². The van der Waals surface area contributed by atoms with Crippen molar-refractivity contribution in [3.05, 3.63) is 0 Å². The third kappa shape index (κ3) is 7.95. The highest BCUT2D eigenvalue weighted by atomic mass is 19.3. The Morgan fingerprint density at radius 2 is 1.93 bits per heavy atom. The first-order chi connectivity index (χ1) is 6.62. The monoisotopic (exact) mass is 207 g/mol. The first kappa shape index (κ1) is 13.3. The van der Waals surface area contributed by atoms with E-state index in [-0.39, 0.29) is 12.8 Å². The molecule has 0 atom stereocenters. The van der Waals surface area contributed by atoms with E-state index in [2.05, 4.69) is 5.32 Å². The van der Waals surface area contributed by atoms with Crippen LogP contribution in [0.1, 0.15) is 45.4 Å². The third-order valence-corrected chi connectivity index (χ3v) is 2.06. The summed E-state index contributed by atoms with van der Waals surface area (Å²) in [5.41, 5.74) is 0. The molecule has 0 radical (unpaired) electrons. The fraction of sp³-hybridized carbons (Fsp3) is 0.900. The average molecular weight is 207 g/mol. The number of halogens is 2. The molecule has 0 saturated heterocycles. The summed E-state index contributed by atoms with van der Waals surface area (Å²) in [7, 11) is 0. The summed E-state index contributed by atoms with van der Waals surface area (Å²) in [5.74, 6) is -2.49. The number of unbranched alkanes of at least 4 members (excludes halogenated alkanes) is 2. The van der Waals surface area contributed by atoms with E-state index in [0.29, 0.717) is 25.8 Å². The first-order valence-electron chi connectivity index (χ1n) is 5.17. The minimum Gasteiger partial charge on any atom is -0.359 e. The molecule has 0 fully saturated rings. The van der Waals surface area contributed by atoms with Crippen LogP contribution in [0.2, 0.25) is 0 Å². The van der Waals surface area contributed by atoms with Crippen LogP contribution in [0, 0.1) is 0 Å². The minimum absolute atomic E-state index is 0.0143. The molecular weight excluding hydrogens is 188 g/mol. The normalized spacial score (nSPS) is 11.4. The Bertz CT molecular complexity index is 151. The number of nitrogens with one attached hydrogen (secondary N) is 1. The zero-order valence-electron chi connectivity index (χ0n) is 8.69. The fourth-order valence-corrected chi connectivity index (χ4v) is 1.34. The number of hydrogen-bond acceptors (Lipinski definition) is 1. The Morgan fingerprint density at radius 1 is 1.21 bits per heavy atom. The lowest BCUT2D eigenvalue weighted by Gasteiger charge is -2.14. The lowest BCUT2D eigenvalue weighted by atomic mass is 10.1. The second kappa shape index (κ2) is 7.71. The molecule has 0 aliphatic heterocycles. The Hall–Kier alpha value is -0.670. The predicted molar refractivity (Wildman–Crippen MR) is 52.4 cm³/mol. The standard InChI is InChI=1S/C10H19F2NO/c1-2-6-10(11,12)7-4-3-5-8-13-9-14/h9H,2-8H2,1H3,(H,13,14). The second-order valence-corrected chi connectivity index (χ2v) is 3.49. The molecule has 0 aromatic carbocycles. The van der Waals surface area contributed by atoms with Crippen LogP contribution in [-0.4, -0.2) is 18.9 Å². The van der Waals surface area contributed by atoms with Gasteiger partial charge in [-0.2, -0.15) is 0 Å². The number of hydrogen-bond donors (Lipinski definition) is 1. The highest BCUT2D eigenvalue weighted by Gasteiger charge is 2.26. The van der Waals surface area contributed by atoms with Gasteiger partial charge < -0.3 is 5.32 Å². The molecule has 1 N–H and O–H groups in total. The molecule has 0 spiro atoms. The molecular formula is C10H19F2NO. The summed E-state index contributed by atoms with van der Waals surface area (Å²) < 4.78 is 25.9. The van der Waals surface area contributed by atoms with Crippen LogP contribution in [-0.2, 0) is 4.79 Å². The van der Waals surface area contributed by atoms with Crippen LogP contribution >= 0.6 is 0 Å². The maximum absolute atomic E-state index is 12.9. The summed E-state index contributed by atoms with van der Waals surface area (Å²) in [6.45, 7) is 2.35. The van der Waals surface area contributed by atoms with E-state index in [1.165, 1.54) is 0 Å². The number of carbonyl (C=O) groups excluding carboxylic acids is 1. The van der Waals surface area contributed by atoms with Crippen LogP contribution in [0.15, 0.2) is 0 Å². The Morgan fingerprint density at radius 3 is 2.50 bits per heavy atom. The molecule has 0 unspecified atom stereocenters. The largest absolute Gasteiger partial charge is 0.359 e. The van der Waals surface area contributed by atoms with E-state index >= 15 is 0 Å². The molecule has 2 nitrogen and oxygen atoms in total. The van der Waals surface area contributed by atoms with Gasteiger partial charge in [-0.1, -0.05) is 19.8 Å². The van der Waals surface area contributed by atoms with Crippen molar-refractivity contribution in [2.45, 2.75) is 51.4 Å². The third-order valence-electron chi connectivity index (χ3n) is 2.06. The summed E-state index contributed by atoms with van der Waals surface area (Å²) in [6.07, 6.45) is 3.18. The molecule has 0 saturated carbocycles. The zero-order chi connectivity index (χ0) is 10.9. The summed E-state index contributed by atoms with van der Waals surface area (Å²) in [4.78, 5) is 9.85. The van der Waals surface area contributed by atoms with E-state index in [9.17, 15) is 13.6 Å². The van der Waals surface area contributed by atoms with Gasteiger partial charge >= 0.3 is 0 Å². The maximum atomic E-state index is 12.9. The first-order valence-corrected chi connectivity index (χ1v) is 5.17. The molecule has 4 heteroatoms. The molecule has 1 amide bonds. The van der Waals surface area contributed by atoms with Crippen LogP contribution < -0.4 is 5.32 Å². The lowest BCUT2D eigenvalue weighted by molar-refractivity contribution is -0.109. The number of carbonyl (C=O) groups is 1. The van der Waals surface area contributed by atoms with Crippen LogP contribution in [0.4, 0.5) is 8.78 Å². The maximum Gasteiger partial charge on any atom is 0.248 e. The Balaban J connectivity index is 3.29. The topological polar surface area (TPSA) is 29.1 Å². The smallest absolute Gasteiger partial charge is 0.248 e. The number of alkyl halides is 2. The molecule has 0 heterocycles. The number of amides is 1. The Kier molecular flexibility index (Phi) is 7.34. The van der Waals surface area contributed by atoms with Gasteiger partial charge in [-0.15, -0.1) is 0 Å². The van der Waals surface area contributed by atoms with Crippen molar-refractivity contribution in [1.82, 2.24) is 5.32 Å². The van der Waals surface area contributed by atoms with Crippen molar-refractivity contribution in [3.8, 4) is 0 Å². The molecule has 84 valence electrons. The highest BCUT2D eigenvalue weighted by Crippen LogP contribution is 2.26. The summed E-state index contributed by atoms with van der Waals surface area (Å²) >= 11 is 0.